The number of amides is 1. The number of nitrogens with zero attached hydrogens (tertiary/aromatic N) is 2. The minimum absolute atomic E-state index is 0.138. The van der Waals surface area contributed by atoms with Crippen LogP contribution in [0.25, 0.3) is 0 Å². The molecule has 0 bridgehead atoms. The monoisotopic (exact) mass is 281 g/mol. The predicted octanol–water partition coefficient (Wildman–Crippen LogP) is 2.20. The number of nitrogens with one attached hydrogen (secondary N) is 1. The maximum atomic E-state index is 11.9. The molecule has 0 atom stereocenters. The number of hydrogen-bond donors (Lipinski definition) is 1. The Morgan fingerprint density at radius 2 is 2.26 bits per heavy atom. The van der Waals surface area contributed by atoms with E-state index in [1.165, 1.54) is 0 Å². The van der Waals surface area contributed by atoms with Crippen LogP contribution in [0.15, 0.2) is 18.3 Å². The molecule has 0 aromatic carbocycles. The fraction of sp³-hybridized carbons (Fsp3) is 0.571. The Morgan fingerprint density at radius 1 is 1.53 bits per heavy atom. The number of pyridine rings is 1. The van der Waals surface area contributed by atoms with Gasteiger partial charge in [-0.2, -0.15) is 0 Å². The van der Waals surface area contributed by atoms with Gasteiger partial charge in [-0.05, 0) is 50.5 Å². The van der Waals surface area contributed by atoms with Gasteiger partial charge in [0.15, 0.2) is 0 Å². The molecule has 0 radical (unpaired) electrons. The summed E-state index contributed by atoms with van der Waals surface area (Å²) in [4.78, 5) is 18.4. The van der Waals surface area contributed by atoms with Gasteiger partial charge in [-0.3, -0.25) is 9.78 Å². The average molecular weight is 282 g/mol. The van der Waals surface area contributed by atoms with E-state index in [0.717, 1.165) is 39.0 Å². The first-order valence-electron chi connectivity index (χ1n) is 6.81. The predicted molar refractivity (Wildman–Crippen MR) is 76.4 cm³/mol. The Balaban J connectivity index is 1.78. The Morgan fingerprint density at radius 3 is 2.89 bits per heavy atom. The minimum Gasteiger partial charge on any atom is -0.350 e. The van der Waals surface area contributed by atoms with Crippen molar-refractivity contribution in [2.24, 2.45) is 5.92 Å². The molecule has 1 aromatic rings. The molecule has 2 rings (SSSR count). The molecule has 1 fully saturated rings. The zero-order chi connectivity index (χ0) is 13.7. The fourth-order valence-electron chi connectivity index (χ4n) is 2.36. The van der Waals surface area contributed by atoms with E-state index < -0.39 is 0 Å². The molecule has 0 unspecified atom stereocenters. The number of halogens is 1. The van der Waals surface area contributed by atoms with Gasteiger partial charge in [0.25, 0.3) is 5.91 Å². The molecule has 0 saturated carbocycles. The molecule has 0 spiro atoms. The number of piperidine rings is 1. The third kappa shape index (κ3) is 4.18. The Kier molecular flexibility index (Phi) is 5.16. The molecule has 5 heteroatoms. The van der Waals surface area contributed by atoms with Gasteiger partial charge in [0.2, 0.25) is 0 Å². The standard InChI is InChI=1S/C14H20ClN3O/c1-2-18-7-4-11(5-8-18)10-17-14(19)13-9-12(15)3-6-16-13/h3,6,9,11H,2,4-5,7-8,10H2,1H3,(H,17,19). The number of rotatable bonds is 4. The summed E-state index contributed by atoms with van der Waals surface area (Å²) in [6, 6.07) is 3.26. The van der Waals surface area contributed by atoms with Crippen molar-refractivity contribution in [1.82, 2.24) is 15.2 Å². The highest BCUT2D eigenvalue weighted by Gasteiger charge is 2.19. The molecule has 1 saturated heterocycles. The fourth-order valence-corrected chi connectivity index (χ4v) is 2.52. The van der Waals surface area contributed by atoms with Gasteiger partial charge in [-0.15, -0.1) is 0 Å². The molecule has 1 N–H and O–H groups in total. The molecule has 104 valence electrons. The van der Waals surface area contributed by atoms with Crippen LogP contribution in [0, 0.1) is 5.92 Å². The topological polar surface area (TPSA) is 45.2 Å². The van der Waals surface area contributed by atoms with Crippen LogP contribution in [0.2, 0.25) is 5.02 Å². The Bertz CT molecular complexity index is 430. The van der Waals surface area contributed by atoms with Crippen LogP contribution < -0.4 is 5.32 Å². The second-order valence-corrected chi connectivity index (χ2v) is 5.38. The van der Waals surface area contributed by atoms with Crippen molar-refractivity contribution in [2.45, 2.75) is 19.8 Å². The lowest BCUT2D eigenvalue weighted by atomic mass is 9.97. The maximum Gasteiger partial charge on any atom is 0.269 e. The van der Waals surface area contributed by atoms with Crippen molar-refractivity contribution in [3.8, 4) is 0 Å². The van der Waals surface area contributed by atoms with Crippen molar-refractivity contribution in [3.63, 3.8) is 0 Å². The van der Waals surface area contributed by atoms with Gasteiger partial charge in [-0.25, -0.2) is 0 Å². The second kappa shape index (κ2) is 6.87. The van der Waals surface area contributed by atoms with Crippen LogP contribution in [-0.2, 0) is 0 Å². The smallest absolute Gasteiger partial charge is 0.269 e. The van der Waals surface area contributed by atoms with Gasteiger partial charge < -0.3 is 10.2 Å². The van der Waals surface area contributed by atoms with Crippen molar-refractivity contribution in [2.75, 3.05) is 26.2 Å². The molecular weight excluding hydrogens is 262 g/mol. The molecule has 19 heavy (non-hydrogen) atoms. The third-order valence-electron chi connectivity index (χ3n) is 3.66. The summed E-state index contributed by atoms with van der Waals surface area (Å²) in [6.45, 7) is 6.29. The first kappa shape index (κ1) is 14.3. The number of likely N-dealkylation sites (tertiary alicyclic amines) is 1. The van der Waals surface area contributed by atoms with E-state index in [-0.39, 0.29) is 5.91 Å². The normalized spacial score (nSPS) is 17.4. The summed E-state index contributed by atoms with van der Waals surface area (Å²) in [7, 11) is 0. The molecule has 2 heterocycles. The van der Waals surface area contributed by atoms with Crippen LogP contribution in [0.5, 0.6) is 0 Å². The van der Waals surface area contributed by atoms with Gasteiger partial charge in [0.1, 0.15) is 5.69 Å². The van der Waals surface area contributed by atoms with Crippen LogP contribution >= 0.6 is 11.6 Å². The summed E-state index contributed by atoms with van der Waals surface area (Å²) in [5.74, 6) is 0.436. The molecule has 1 amide bonds. The lowest BCUT2D eigenvalue weighted by Crippen LogP contribution is -2.38. The average Bonchev–Trinajstić information content (AvgIpc) is 2.45. The summed E-state index contributed by atoms with van der Waals surface area (Å²) in [6.07, 6.45) is 3.85. The van der Waals surface area contributed by atoms with E-state index in [4.69, 9.17) is 11.6 Å². The summed E-state index contributed by atoms with van der Waals surface area (Å²) in [5.41, 5.74) is 0.387. The SMILES string of the molecule is CCN1CCC(CNC(=O)c2cc(Cl)ccn2)CC1. The number of hydrogen-bond acceptors (Lipinski definition) is 3. The molecule has 0 aliphatic carbocycles. The van der Waals surface area contributed by atoms with Gasteiger partial charge >= 0.3 is 0 Å². The van der Waals surface area contributed by atoms with Crippen molar-refractivity contribution < 1.29 is 4.79 Å². The van der Waals surface area contributed by atoms with Gasteiger partial charge in [-0.1, -0.05) is 18.5 Å². The van der Waals surface area contributed by atoms with Crippen molar-refractivity contribution in [3.05, 3.63) is 29.0 Å². The lowest BCUT2D eigenvalue weighted by Gasteiger charge is -2.30. The van der Waals surface area contributed by atoms with Crippen LogP contribution in [0.1, 0.15) is 30.3 Å². The van der Waals surface area contributed by atoms with E-state index in [9.17, 15) is 4.79 Å². The van der Waals surface area contributed by atoms with Crippen LogP contribution in [-0.4, -0.2) is 42.0 Å². The molecule has 1 aromatic heterocycles. The molecular formula is C14H20ClN3O. The van der Waals surface area contributed by atoms with Gasteiger partial charge in [0, 0.05) is 17.8 Å². The quantitative estimate of drug-likeness (QED) is 0.920. The highest BCUT2D eigenvalue weighted by atomic mass is 35.5. The Hall–Kier alpha value is -1.13. The zero-order valence-corrected chi connectivity index (χ0v) is 12.0. The van der Waals surface area contributed by atoms with Crippen molar-refractivity contribution >= 4 is 17.5 Å². The summed E-state index contributed by atoms with van der Waals surface area (Å²) in [5, 5.41) is 3.49. The van der Waals surface area contributed by atoms with Crippen LogP contribution in [0.4, 0.5) is 0 Å². The number of carbonyl (C=O) groups is 1. The second-order valence-electron chi connectivity index (χ2n) is 4.95. The highest BCUT2D eigenvalue weighted by Crippen LogP contribution is 2.16. The largest absolute Gasteiger partial charge is 0.350 e. The first-order chi connectivity index (χ1) is 9.19. The molecule has 1 aliphatic rings. The highest BCUT2D eigenvalue weighted by molar-refractivity contribution is 6.30. The lowest BCUT2D eigenvalue weighted by molar-refractivity contribution is 0.0932. The zero-order valence-electron chi connectivity index (χ0n) is 11.2. The van der Waals surface area contributed by atoms with E-state index in [2.05, 4.69) is 22.1 Å². The third-order valence-corrected chi connectivity index (χ3v) is 3.90. The van der Waals surface area contributed by atoms with E-state index in [1.54, 1.807) is 18.3 Å². The number of aromatic nitrogens is 1. The van der Waals surface area contributed by atoms with Gasteiger partial charge in [0.05, 0.1) is 0 Å². The maximum absolute atomic E-state index is 11.9. The van der Waals surface area contributed by atoms with Crippen molar-refractivity contribution in [1.29, 1.82) is 0 Å². The molecule has 1 aliphatic heterocycles. The molecule has 4 nitrogen and oxygen atoms in total. The Labute approximate surface area is 119 Å². The van der Waals surface area contributed by atoms with E-state index in [1.807, 2.05) is 0 Å². The summed E-state index contributed by atoms with van der Waals surface area (Å²) < 4.78 is 0. The number of carbonyl (C=O) groups excluding carboxylic acids is 1. The van der Waals surface area contributed by atoms with E-state index in [0.29, 0.717) is 16.6 Å². The summed E-state index contributed by atoms with van der Waals surface area (Å²) >= 11 is 5.84. The van der Waals surface area contributed by atoms with Crippen LogP contribution in [0.3, 0.4) is 0 Å². The minimum atomic E-state index is -0.138. The van der Waals surface area contributed by atoms with E-state index >= 15 is 0 Å². The first-order valence-corrected chi connectivity index (χ1v) is 7.19.